The van der Waals surface area contributed by atoms with Gasteiger partial charge in [-0.1, -0.05) is 66.4 Å². The van der Waals surface area contributed by atoms with Crippen LogP contribution < -0.4 is 0 Å². The highest BCUT2D eigenvalue weighted by Crippen LogP contribution is 2.40. The van der Waals surface area contributed by atoms with E-state index in [0.717, 1.165) is 22.3 Å². The van der Waals surface area contributed by atoms with Gasteiger partial charge in [-0.3, -0.25) is 9.59 Å². The highest BCUT2D eigenvalue weighted by Gasteiger charge is 2.47. The quantitative estimate of drug-likeness (QED) is 0.471. The van der Waals surface area contributed by atoms with Crippen molar-refractivity contribution in [1.82, 2.24) is 0 Å². The van der Waals surface area contributed by atoms with Gasteiger partial charge in [0.2, 0.25) is 0 Å². The molecule has 1 N–H and O–H groups in total. The second-order valence-electron chi connectivity index (χ2n) is 8.24. The van der Waals surface area contributed by atoms with Crippen LogP contribution in [-0.4, -0.2) is 16.9 Å². The summed E-state index contributed by atoms with van der Waals surface area (Å²) in [4.78, 5) is 26.0. The number of carboxylic acids is 1. The average Bonchev–Trinajstić information content (AvgIpc) is 2.63. The van der Waals surface area contributed by atoms with E-state index in [9.17, 15) is 14.7 Å². The summed E-state index contributed by atoms with van der Waals surface area (Å²) >= 11 is 0. The summed E-state index contributed by atoms with van der Waals surface area (Å²) < 4.78 is 8.17. The van der Waals surface area contributed by atoms with Crippen LogP contribution in [0.4, 0.5) is 0 Å². The first-order valence-corrected chi connectivity index (χ1v) is 10.2. The standard InChI is InChI=1S/C24H30O3.H2OP/c1-15(2)21(22(25)20-17(4)12-16(3)13-18(20)5)24(6,23(26)27)14-19-10-8-7-9-11-19;1-2/h7-13,15,21H,14H2,1-6H3,(H,26,27);2H2/q;+1. The van der Waals surface area contributed by atoms with Crippen molar-refractivity contribution >= 4 is 20.9 Å². The smallest absolute Gasteiger partial charge is 0.310 e. The topological polar surface area (TPSA) is 71.4 Å². The zero-order valence-corrected chi connectivity index (χ0v) is 19.3. The molecule has 0 bridgehead atoms. The van der Waals surface area contributed by atoms with Gasteiger partial charge < -0.3 is 5.11 Å². The van der Waals surface area contributed by atoms with E-state index in [1.165, 1.54) is 9.12 Å². The van der Waals surface area contributed by atoms with Crippen molar-refractivity contribution in [3.05, 3.63) is 70.3 Å². The molecule has 2 aromatic carbocycles. The molecule has 0 aliphatic heterocycles. The Morgan fingerprint density at radius 2 is 1.48 bits per heavy atom. The van der Waals surface area contributed by atoms with E-state index in [0.29, 0.717) is 12.0 Å². The third-order valence-corrected chi connectivity index (χ3v) is 5.46. The molecule has 0 fully saturated rings. The fourth-order valence-corrected chi connectivity index (χ4v) is 4.39. The number of aliphatic carboxylic acids is 1. The molecular formula is C24H32O4P+. The summed E-state index contributed by atoms with van der Waals surface area (Å²) in [5, 5.41) is 10.1. The van der Waals surface area contributed by atoms with Gasteiger partial charge in [-0.05, 0) is 56.7 Å². The van der Waals surface area contributed by atoms with Gasteiger partial charge in [-0.15, -0.1) is 0 Å². The van der Waals surface area contributed by atoms with Crippen LogP contribution in [-0.2, 0) is 15.8 Å². The number of Topliss-reactive ketones (excluding diaryl/α,β-unsaturated/α-hetero) is 1. The van der Waals surface area contributed by atoms with Gasteiger partial charge in [0, 0.05) is 11.5 Å². The molecule has 29 heavy (non-hydrogen) atoms. The van der Waals surface area contributed by atoms with Crippen LogP contribution in [0.5, 0.6) is 0 Å². The molecule has 2 rings (SSSR count). The van der Waals surface area contributed by atoms with Crippen molar-refractivity contribution < 1.29 is 19.3 Å². The van der Waals surface area contributed by atoms with Crippen molar-refractivity contribution in [3.63, 3.8) is 0 Å². The molecule has 0 saturated heterocycles. The maximum atomic E-state index is 13.6. The summed E-state index contributed by atoms with van der Waals surface area (Å²) in [6.45, 7) is 11.5. The zero-order chi connectivity index (χ0) is 22.4. The van der Waals surface area contributed by atoms with E-state index in [1.807, 2.05) is 77.1 Å². The summed E-state index contributed by atoms with van der Waals surface area (Å²) in [6.07, 6.45) is 0.321. The van der Waals surface area contributed by atoms with Gasteiger partial charge in [-0.25, -0.2) is 0 Å². The molecule has 0 aliphatic rings. The van der Waals surface area contributed by atoms with Crippen LogP contribution in [0.15, 0.2) is 42.5 Å². The number of benzene rings is 2. The molecule has 3 unspecified atom stereocenters. The summed E-state index contributed by atoms with van der Waals surface area (Å²) in [5.74, 6) is -1.71. The van der Waals surface area contributed by atoms with Crippen LogP contribution in [0.25, 0.3) is 0 Å². The number of hydrogen-bond donors (Lipinski definition) is 1. The SMILES string of the molecule is Cc1cc(C)c(C(=O)C(C(C)C)C(C)(Cc2ccccc2)C(=O)O)c(C)c1.O=[PH2+]. The lowest BCUT2D eigenvalue weighted by atomic mass is 9.65. The van der Waals surface area contributed by atoms with Crippen molar-refractivity contribution in [1.29, 1.82) is 0 Å². The van der Waals surface area contributed by atoms with Crippen molar-refractivity contribution in [3.8, 4) is 0 Å². The van der Waals surface area contributed by atoms with Crippen LogP contribution >= 0.6 is 9.12 Å². The van der Waals surface area contributed by atoms with E-state index in [-0.39, 0.29) is 11.7 Å². The summed E-state index contributed by atoms with van der Waals surface area (Å²) in [7, 11) is 1.17. The first-order chi connectivity index (χ1) is 13.6. The Balaban J connectivity index is 0.00000204. The molecule has 5 heteroatoms. The Bertz CT molecular complexity index is 837. The first kappa shape index (κ1) is 24.7. The first-order valence-electron chi connectivity index (χ1n) is 9.71. The van der Waals surface area contributed by atoms with E-state index in [4.69, 9.17) is 4.57 Å². The van der Waals surface area contributed by atoms with Gasteiger partial charge in [-0.2, -0.15) is 0 Å². The minimum atomic E-state index is -1.18. The molecule has 0 amide bonds. The highest BCUT2D eigenvalue weighted by atomic mass is 31.0. The lowest BCUT2D eigenvalue weighted by Gasteiger charge is -2.36. The van der Waals surface area contributed by atoms with E-state index < -0.39 is 17.3 Å². The molecule has 3 atom stereocenters. The predicted octanol–water partition coefficient (Wildman–Crippen LogP) is 5.61. The number of carbonyl (C=O) groups is 2. The van der Waals surface area contributed by atoms with Gasteiger partial charge in [0.25, 0.3) is 0 Å². The summed E-state index contributed by atoms with van der Waals surface area (Å²) in [6, 6.07) is 13.5. The monoisotopic (exact) mass is 415 g/mol. The lowest BCUT2D eigenvalue weighted by Crippen LogP contribution is -2.45. The molecule has 0 aliphatic carbocycles. The minimum absolute atomic E-state index is 0.0687. The van der Waals surface area contributed by atoms with Crippen molar-refractivity contribution in [2.75, 3.05) is 0 Å². The van der Waals surface area contributed by atoms with Crippen LogP contribution in [0.1, 0.15) is 53.4 Å². The molecule has 0 saturated carbocycles. The van der Waals surface area contributed by atoms with E-state index in [2.05, 4.69) is 0 Å². The molecule has 0 spiro atoms. The van der Waals surface area contributed by atoms with Crippen molar-refractivity contribution in [2.45, 2.75) is 48.0 Å². The molecule has 0 radical (unpaired) electrons. The number of rotatable bonds is 7. The lowest BCUT2D eigenvalue weighted by molar-refractivity contribution is -0.151. The third-order valence-electron chi connectivity index (χ3n) is 5.46. The van der Waals surface area contributed by atoms with E-state index >= 15 is 0 Å². The number of carboxylic acid groups (broad SMARTS) is 1. The van der Waals surface area contributed by atoms with Gasteiger partial charge in [0.1, 0.15) is 0 Å². The Labute approximate surface area is 176 Å². The van der Waals surface area contributed by atoms with Gasteiger partial charge >= 0.3 is 15.1 Å². The molecule has 2 aromatic rings. The number of aryl methyl sites for hydroxylation is 3. The average molecular weight is 415 g/mol. The minimum Gasteiger partial charge on any atom is -0.481 e. The van der Waals surface area contributed by atoms with E-state index in [1.54, 1.807) is 6.92 Å². The maximum absolute atomic E-state index is 13.6. The van der Waals surface area contributed by atoms with Crippen LogP contribution in [0, 0.1) is 38.0 Å². The molecule has 4 nitrogen and oxygen atoms in total. The zero-order valence-electron chi connectivity index (χ0n) is 18.2. The predicted molar refractivity (Wildman–Crippen MR) is 120 cm³/mol. The normalized spacial score (nSPS) is 13.8. The second kappa shape index (κ2) is 10.5. The largest absolute Gasteiger partial charge is 0.481 e. The van der Waals surface area contributed by atoms with Gasteiger partial charge in [0.15, 0.2) is 5.78 Å². The van der Waals surface area contributed by atoms with Crippen LogP contribution in [0.3, 0.4) is 0 Å². The highest BCUT2D eigenvalue weighted by molar-refractivity contribution is 7.00. The Hall–Kier alpha value is -2.32. The summed E-state index contributed by atoms with van der Waals surface area (Å²) in [5.41, 5.74) is 3.34. The van der Waals surface area contributed by atoms with Gasteiger partial charge in [0.05, 0.1) is 5.41 Å². The third kappa shape index (κ3) is 5.61. The molecular weight excluding hydrogens is 383 g/mol. The Morgan fingerprint density at radius 3 is 1.90 bits per heavy atom. The second-order valence-corrected chi connectivity index (χ2v) is 8.24. The Kier molecular flexibility index (Phi) is 8.91. The Morgan fingerprint density at radius 1 is 1.00 bits per heavy atom. The maximum Gasteiger partial charge on any atom is 0.310 e. The molecule has 156 valence electrons. The molecule has 0 heterocycles. The van der Waals surface area contributed by atoms with Crippen molar-refractivity contribution in [2.24, 2.45) is 17.3 Å². The number of ketones is 1. The number of hydrogen-bond acceptors (Lipinski definition) is 3. The fourth-order valence-electron chi connectivity index (χ4n) is 4.39. The molecule has 0 aromatic heterocycles. The van der Waals surface area contributed by atoms with Crippen LogP contribution in [0.2, 0.25) is 0 Å². The fraction of sp³-hybridized carbons (Fsp3) is 0.417. The number of carbonyl (C=O) groups excluding carboxylic acids is 1.